The van der Waals surface area contributed by atoms with Gasteiger partial charge in [-0.1, -0.05) is 0 Å². The average Bonchev–Trinajstić information content (AvgIpc) is 2.25. The molecule has 0 unspecified atom stereocenters. The Morgan fingerprint density at radius 1 is 1.25 bits per heavy atom. The van der Waals surface area contributed by atoms with Crippen LogP contribution in [0.3, 0.4) is 0 Å². The minimum absolute atomic E-state index is 0.0597. The highest BCUT2D eigenvalue weighted by Crippen LogP contribution is 2.39. The predicted octanol–water partition coefficient (Wildman–Crippen LogP) is 1.43. The fourth-order valence-electron chi connectivity index (χ4n) is 2.02. The fourth-order valence-corrected chi connectivity index (χ4v) is 2.02. The smallest absolute Gasteiger partial charge is 0.355 e. The number of hydrogen-bond acceptors (Lipinski definition) is 2. The van der Waals surface area contributed by atoms with E-state index in [1.807, 2.05) is 0 Å². The largest absolute Gasteiger partial charge is 0.391 e. The molecule has 1 fully saturated rings. The third-order valence-corrected chi connectivity index (χ3v) is 3.00. The van der Waals surface area contributed by atoms with E-state index in [4.69, 9.17) is 5.73 Å². The number of nitrogens with two attached hydrogens (primary N) is 1. The Kier molecular flexibility index (Phi) is 4.58. The molecule has 16 heavy (non-hydrogen) atoms. The van der Waals surface area contributed by atoms with Gasteiger partial charge in [-0.25, -0.2) is 0 Å². The molecule has 0 saturated heterocycles. The van der Waals surface area contributed by atoms with Crippen molar-refractivity contribution in [2.24, 2.45) is 17.6 Å². The van der Waals surface area contributed by atoms with Gasteiger partial charge in [0.15, 0.2) is 0 Å². The maximum absolute atomic E-state index is 12.4. The summed E-state index contributed by atoms with van der Waals surface area (Å²) in [5, 5.41) is 2.61. The zero-order valence-corrected chi connectivity index (χ0v) is 9.02. The standard InChI is InChI=1S/C10H17F3N2O/c11-10(12,13)8-3-1-7(2-4-8)9(16)15-6-5-14/h7-8H,1-6,14H2,(H,15,16). The summed E-state index contributed by atoms with van der Waals surface area (Å²) in [4.78, 5) is 11.5. The summed E-state index contributed by atoms with van der Waals surface area (Å²) in [6, 6.07) is 0. The Labute approximate surface area is 92.6 Å². The maximum atomic E-state index is 12.4. The Hall–Kier alpha value is -0.780. The first-order valence-electron chi connectivity index (χ1n) is 5.49. The Morgan fingerprint density at radius 2 is 1.81 bits per heavy atom. The van der Waals surface area contributed by atoms with Crippen LogP contribution < -0.4 is 11.1 Å². The lowest BCUT2D eigenvalue weighted by atomic mass is 9.81. The zero-order valence-electron chi connectivity index (χ0n) is 9.02. The molecule has 94 valence electrons. The first-order valence-corrected chi connectivity index (χ1v) is 5.49. The van der Waals surface area contributed by atoms with Crippen LogP contribution in [0.4, 0.5) is 13.2 Å². The van der Waals surface area contributed by atoms with Crippen molar-refractivity contribution in [1.82, 2.24) is 5.32 Å². The Balaban J connectivity index is 2.34. The highest BCUT2D eigenvalue weighted by molar-refractivity contribution is 5.78. The van der Waals surface area contributed by atoms with Crippen LogP contribution in [0.1, 0.15) is 25.7 Å². The average molecular weight is 238 g/mol. The van der Waals surface area contributed by atoms with E-state index in [-0.39, 0.29) is 24.7 Å². The van der Waals surface area contributed by atoms with E-state index >= 15 is 0 Å². The number of nitrogens with one attached hydrogen (secondary N) is 1. The predicted molar refractivity (Wildman–Crippen MR) is 53.6 cm³/mol. The number of carbonyl (C=O) groups excluding carboxylic acids is 1. The number of halogens is 3. The molecular weight excluding hydrogens is 221 g/mol. The minimum Gasteiger partial charge on any atom is -0.355 e. The highest BCUT2D eigenvalue weighted by Gasteiger charge is 2.42. The van der Waals surface area contributed by atoms with Crippen LogP contribution in [0.25, 0.3) is 0 Å². The van der Waals surface area contributed by atoms with Crippen LogP contribution in [0.15, 0.2) is 0 Å². The van der Waals surface area contributed by atoms with Crippen molar-refractivity contribution in [3.8, 4) is 0 Å². The lowest BCUT2D eigenvalue weighted by molar-refractivity contribution is -0.184. The normalized spacial score (nSPS) is 26.5. The number of carbonyl (C=O) groups is 1. The minimum atomic E-state index is -4.11. The van der Waals surface area contributed by atoms with E-state index < -0.39 is 12.1 Å². The fraction of sp³-hybridized carbons (Fsp3) is 0.900. The van der Waals surface area contributed by atoms with E-state index in [0.717, 1.165) is 0 Å². The van der Waals surface area contributed by atoms with E-state index in [0.29, 0.717) is 25.9 Å². The topological polar surface area (TPSA) is 55.1 Å². The Bertz CT molecular complexity index is 235. The van der Waals surface area contributed by atoms with Gasteiger partial charge >= 0.3 is 6.18 Å². The van der Waals surface area contributed by atoms with Crippen molar-refractivity contribution >= 4 is 5.91 Å². The number of hydrogen-bond donors (Lipinski definition) is 2. The summed E-state index contributed by atoms with van der Waals surface area (Å²) in [5.41, 5.74) is 5.22. The van der Waals surface area contributed by atoms with Crippen molar-refractivity contribution < 1.29 is 18.0 Å². The highest BCUT2D eigenvalue weighted by atomic mass is 19.4. The molecule has 0 atom stereocenters. The molecule has 0 heterocycles. The van der Waals surface area contributed by atoms with Crippen LogP contribution in [0.5, 0.6) is 0 Å². The molecule has 6 heteroatoms. The van der Waals surface area contributed by atoms with E-state index in [1.165, 1.54) is 0 Å². The second-order valence-corrected chi connectivity index (χ2v) is 4.17. The van der Waals surface area contributed by atoms with Gasteiger partial charge in [0.2, 0.25) is 5.91 Å². The molecule has 0 spiro atoms. The first kappa shape index (κ1) is 13.3. The van der Waals surface area contributed by atoms with Crippen LogP contribution in [-0.2, 0) is 4.79 Å². The molecule has 0 aromatic carbocycles. The molecular formula is C10H17F3N2O. The number of amides is 1. The zero-order chi connectivity index (χ0) is 12.2. The lowest BCUT2D eigenvalue weighted by Crippen LogP contribution is -2.37. The molecule has 1 saturated carbocycles. The van der Waals surface area contributed by atoms with Gasteiger partial charge in [0.05, 0.1) is 5.92 Å². The van der Waals surface area contributed by atoms with Crippen molar-refractivity contribution in [3.05, 3.63) is 0 Å². The summed E-state index contributed by atoms with van der Waals surface area (Å²) in [6.07, 6.45) is -3.35. The number of rotatable bonds is 3. The van der Waals surface area contributed by atoms with Crippen molar-refractivity contribution in [3.63, 3.8) is 0 Å². The van der Waals surface area contributed by atoms with E-state index in [9.17, 15) is 18.0 Å². The van der Waals surface area contributed by atoms with Gasteiger partial charge in [0.25, 0.3) is 0 Å². The molecule has 1 amide bonds. The summed E-state index contributed by atoms with van der Waals surface area (Å²) < 4.78 is 37.1. The van der Waals surface area contributed by atoms with Crippen LogP contribution >= 0.6 is 0 Å². The van der Waals surface area contributed by atoms with Gasteiger partial charge < -0.3 is 11.1 Å². The molecule has 0 aromatic rings. The van der Waals surface area contributed by atoms with Gasteiger partial charge in [0, 0.05) is 19.0 Å². The van der Waals surface area contributed by atoms with Gasteiger partial charge in [-0.3, -0.25) is 4.79 Å². The summed E-state index contributed by atoms with van der Waals surface area (Å²) in [6.45, 7) is 0.738. The first-order chi connectivity index (χ1) is 7.45. The van der Waals surface area contributed by atoms with E-state index in [1.54, 1.807) is 0 Å². The van der Waals surface area contributed by atoms with Gasteiger partial charge in [-0.2, -0.15) is 13.2 Å². The molecule has 3 N–H and O–H groups in total. The second-order valence-electron chi connectivity index (χ2n) is 4.17. The van der Waals surface area contributed by atoms with Crippen molar-refractivity contribution in [2.45, 2.75) is 31.9 Å². The third-order valence-electron chi connectivity index (χ3n) is 3.00. The molecule has 3 nitrogen and oxygen atoms in total. The molecule has 0 bridgehead atoms. The molecule has 0 radical (unpaired) electrons. The SMILES string of the molecule is NCCNC(=O)C1CCC(C(F)(F)F)CC1. The third kappa shape index (κ3) is 3.66. The van der Waals surface area contributed by atoms with Crippen molar-refractivity contribution in [1.29, 1.82) is 0 Å². The van der Waals surface area contributed by atoms with E-state index in [2.05, 4.69) is 5.32 Å². The van der Waals surface area contributed by atoms with Gasteiger partial charge in [-0.05, 0) is 25.7 Å². The van der Waals surface area contributed by atoms with Crippen LogP contribution in [-0.4, -0.2) is 25.2 Å². The summed E-state index contributed by atoms with van der Waals surface area (Å²) in [5.74, 6) is -1.66. The second kappa shape index (κ2) is 5.52. The maximum Gasteiger partial charge on any atom is 0.391 e. The molecule has 1 aliphatic rings. The van der Waals surface area contributed by atoms with Crippen LogP contribution in [0.2, 0.25) is 0 Å². The van der Waals surface area contributed by atoms with Crippen LogP contribution in [0, 0.1) is 11.8 Å². The quantitative estimate of drug-likeness (QED) is 0.781. The van der Waals surface area contributed by atoms with Gasteiger partial charge in [0.1, 0.15) is 0 Å². The molecule has 1 aliphatic carbocycles. The molecule has 1 rings (SSSR count). The lowest BCUT2D eigenvalue weighted by Gasteiger charge is -2.29. The monoisotopic (exact) mass is 238 g/mol. The Morgan fingerprint density at radius 3 is 2.25 bits per heavy atom. The summed E-state index contributed by atoms with van der Waals surface area (Å²) >= 11 is 0. The number of alkyl halides is 3. The molecule has 0 aliphatic heterocycles. The summed E-state index contributed by atoms with van der Waals surface area (Å²) in [7, 11) is 0. The molecule has 0 aromatic heterocycles. The van der Waals surface area contributed by atoms with Crippen molar-refractivity contribution in [2.75, 3.05) is 13.1 Å². The van der Waals surface area contributed by atoms with Gasteiger partial charge in [-0.15, -0.1) is 0 Å².